The summed E-state index contributed by atoms with van der Waals surface area (Å²) in [4.78, 5) is 15.0. The SMILES string of the molecule is CNCC(C)Oc1cc2nc(C)sc2cc1[N+](=O)[O-]. The number of hydrogen-bond acceptors (Lipinski definition) is 6. The quantitative estimate of drug-likeness (QED) is 0.673. The molecule has 0 bridgehead atoms. The Kier molecular flexibility index (Phi) is 3.96. The summed E-state index contributed by atoms with van der Waals surface area (Å²) in [5.74, 6) is 0.269. The van der Waals surface area contributed by atoms with Crippen molar-refractivity contribution >= 4 is 27.2 Å². The standard InChI is InChI=1S/C12H15N3O3S/c1-7(6-13-3)18-11-4-9-12(19-8(2)14-9)5-10(11)15(16)17/h4-5,7,13H,6H2,1-3H3. The van der Waals surface area contributed by atoms with Gasteiger partial charge in [-0.15, -0.1) is 11.3 Å². The van der Waals surface area contributed by atoms with Gasteiger partial charge < -0.3 is 10.1 Å². The van der Waals surface area contributed by atoms with Crippen LogP contribution in [0.4, 0.5) is 5.69 Å². The maximum Gasteiger partial charge on any atom is 0.312 e. The Labute approximate surface area is 114 Å². The van der Waals surface area contributed by atoms with Crippen LogP contribution in [0.3, 0.4) is 0 Å². The van der Waals surface area contributed by atoms with Crippen molar-refractivity contribution in [1.29, 1.82) is 0 Å². The van der Waals surface area contributed by atoms with Gasteiger partial charge in [0.05, 0.1) is 20.1 Å². The highest BCUT2D eigenvalue weighted by Crippen LogP contribution is 2.35. The number of nitro benzene ring substituents is 1. The molecule has 1 aromatic heterocycles. The molecule has 6 nitrogen and oxygen atoms in total. The van der Waals surface area contributed by atoms with Gasteiger partial charge in [-0.3, -0.25) is 10.1 Å². The number of thiazole rings is 1. The predicted molar refractivity (Wildman–Crippen MR) is 75.0 cm³/mol. The number of rotatable bonds is 5. The van der Waals surface area contributed by atoms with E-state index in [1.165, 1.54) is 17.4 Å². The van der Waals surface area contributed by atoms with Crippen molar-refractivity contribution in [3.63, 3.8) is 0 Å². The molecule has 0 aliphatic heterocycles. The average molecular weight is 281 g/mol. The van der Waals surface area contributed by atoms with Crippen LogP contribution in [0.15, 0.2) is 12.1 Å². The molecule has 0 aliphatic rings. The lowest BCUT2D eigenvalue weighted by Crippen LogP contribution is -2.26. The first-order valence-electron chi connectivity index (χ1n) is 5.88. The van der Waals surface area contributed by atoms with Crippen LogP contribution in [0.25, 0.3) is 10.2 Å². The van der Waals surface area contributed by atoms with Gasteiger partial charge in [-0.1, -0.05) is 0 Å². The number of likely N-dealkylation sites (N-methyl/N-ethyl adjacent to an activating group) is 1. The zero-order valence-corrected chi connectivity index (χ0v) is 11.8. The van der Waals surface area contributed by atoms with E-state index in [1.54, 1.807) is 13.1 Å². The molecule has 0 aliphatic carbocycles. The molecule has 2 rings (SSSR count). The van der Waals surface area contributed by atoms with Gasteiger partial charge in [-0.05, 0) is 20.9 Å². The summed E-state index contributed by atoms with van der Waals surface area (Å²) in [6.45, 7) is 4.35. The van der Waals surface area contributed by atoms with Crippen LogP contribution < -0.4 is 10.1 Å². The number of aromatic nitrogens is 1. The van der Waals surface area contributed by atoms with E-state index in [9.17, 15) is 10.1 Å². The maximum absolute atomic E-state index is 11.1. The van der Waals surface area contributed by atoms with E-state index in [1.807, 2.05) is 13.8 Å². The minimum absolute atomic E-state index is 0.0147. The minimum Gasteiger partial charge on any atom is -0.482 e. The molecule has 2 aromatic rings. The Morgan fingerprint density at radius 2 is 2.32 bits per heavy atom. The van der Waals surface area contributed by atoms with E-state index in [0.717, 1.165) is 15.2 Å². The normalized spacial score (nSPS) is 12.6. The summed E-state index contributed by atoms with van der Waals surface area (Å²) in [6, 6.07) is 3.17. The van der Waals surface area contributed by atoms with E-state index in [-0.39, 0.29) is 17.5 Å². The number of fused-ring (bicyclic) bond motifs is 1. The molecule has 1 atom stereocenters. The zero-order chi connectivity index (χ0) is 14.0. The molecule has 102 valence electrons. The average Bonchev–Trinajstić information content (AvgIpc) is 2.67. The van der Waals surface area contributed by atoms with Crippen molar-refractivity contribution in [3.05, 3.63) is 27.3 Å². The molecule has 1 N–H and O–H groups in total. The maximum atomic E-state index is 11.1. The molecule has 0 spiro atoms. The monoisotopic (exact) mass is 281 g/mol. The molecule has 1 heterocycles. The predicted octanol–water partition coefficient (Wildman–Crippen LogP) is 2.50. The van der Waals surface area contributed by atoms with Crippen molar-refractivity contribution in [1.82, 2.24) is 10.3 Å². The first-order chi connectivity index (χ1) is 9.01. The van der Waals surface area contributed by atoms with Crippen LogP contribution in [0.5, 0.6) is 5.75 Å². The van der Waals surface area contributed by atoms with Crippen molar-refractivity contribution in [2.75, 3.05) is 13.6 Å². The second kappa shape index (κ2) is 5.50. The first kappa shape index (κ1) is 13.7. The molecule has 0 saturated heterocycles. The van der Waals surface area contributed by atoms with Crippen LogP contribution in [0, 0.1) is 17.0 Å². The van der Waals surface area contributed by atoms with Crippen LogP contribution in [-0.2, 0) is 0 Å². The van der Waals surface area contributed by atoms with Crippen LogP contribution >= 0.6 is 11.3 Å². The van der Waals surface area contributed by atoms with E-state index in [0.29, 0.717) is 6.54 Å². The fourth-order valence-corrected chi connectivity index (χ4v) is 2.68. The largest absolute Gasteiger partial charge is 0.482 e. The first-order valence-corrected chi connectivity index (χ1v) is 6.69. The fourth-order valence-electron chi connectivity index (χ4n) is 1.84. The highest BCUT2D eigenvalue weighted by Gasteiger charge is 2.20. The third-order valence-electron chi connectivity index (χ3n) is 2.59. The number of hydrogen-bond donors (Lipinski definition) is 1. The minimum atomic E-state index is -0.421. The van der Waals surface area contributed by atoms with Gasteiger partial charge >= 0.3 is 5.69 Å². The lowest BCUT2D eigenvalue weighted by atomic mass is 10.2. The van der Waals surface area contributed by atoms with Crippen molar-refractivity contribution in [2.24, 2.45) is 0 Å². The summed E-state index contributed by atoms with van der Waals surface area (Å²) in [7, 11) is 1.81. The van der Waals surface area contributed by atoms with E-state index in [4.69, 9.17) is 4.74 Å². The lowest BCUT2D eigenvalue weighted by Gasteiger charge is -2.13. The van der Waals surface area contributed by atoms with Gasteiger partial charge in [0.1, 0.15) is 6.10 Å². The van der Waals surface area contributed by atoms with Gasteiger partial charge in [-0.25, -0.2) is 4.98 Å². The Balaban J connectivity index is 2.44. The van der Waals surface area contributed by atoms with Gasteiger partial charge in [-0.2, -0.15) is 0 Å². The summed E-state index contributed by atoms with van der Waals surface area (Å²) >= 11 is 1.44. The second-order valence-electron chi connectivity index (χ2n) is 4.26. The third kappa shape index (κ3) is 2.99. The van der Waals surface area contributed by atoms with E-state index >= 15 is 0 Å². The molecule has 0 fully saturated rings. The molecule has 19 heavy (non-hydrogen) atoms. The Morgan fingerprint density at radius 1 is 1.58 bits per heavy atom. The van der Waals surface area contributed by atoms with Gasteiger partial charge in [0.2, 0.25) is 0 Å². The summed E-state index contributed by atoms with van der Waals surface area (Å²) in [5.41, 5.74) is 0.721. The van der Waals surface area contributed by atoms with Gasteiger partial charge in [0.25, 0.3) is 0 Å². The van der Waals surface area contributed by atoms with Crippen LogP contribution in [-0.4, -0.2) is 29.6 Å². The zero-order valence-electron chi connectivity index (χ0n) is 11.0. The summed E-state index contributed by atoms with van der Waals surface area (Å²) in [6.07, 6.45) is -0.152. The highest BCUT2D eigenvalue weighted by atomic mass is 32.1. The van der Waals surface area contributed by atoms with Crippen molar-refractivity contribution in [3.8, 4) is 5.75 Å². The number of ether oxygens (including phenoxy) is 1. The molecule has 1 aromatic carbocycles. The highest BCUT2D eigenvalue weighted by molar-refractivity contribution is 7.18. The van der Waals surface area contributed by atoms with E-state index < -0.39 is 4.92 Å². The second-order valence-corrected chi connectivity index (χ2v) is 5.50. The Bertz CT molecular complexity index is 612. The van der Waals surface area contributed by atoms with Gasteiger partial charge in [0, 0.05) is 18.7 Å². The van der Waals surface area contributed by atoms with Crippen LogP contribution in [0.2, 0.25) is 0 Å². The molecule has 1 unspecified atom stereocenters. The topological polar surface area (TPSA) is 77.3 Å². The molecular formula is C12H15N3O3S. The number of nitrogens with one attached hydrogen (secondary N) is 1. The molecule has 0 radical (unpaired) electrons. The molecule has 0 saturated carbocycles. The molecule has 0 amide bonds. The molecule has 7 heteroatoms. The summed E-state index contributed by atoms with van der Waals surface area (Å²) in [5, 5.41) is 15.0. The van der Waals surface area contributed by atoms with E-state index in [2.05, 4.69) is 10.3 Å². The lowest BCUT2D eigenvalue weighted by molar-refractivity contribution is -0.385. The number of aryl methyl sites for hydroxylation is 1. The fraction of sp³-hybridized carbons (Fsp3) is 0.417. The number of nitro groups is 1. The Hall–Kier alpha value is -1.73. The van der Waals surface area contributed by atoms with Crippen molar-refractivity contribution in [2.45, 2.75) is 20.0 Å². The molecular weight excluding hydrogens is 266 g/mol. The number of nitrogens with zero attached hydrogens (tertiary/aromatic N) is 2. The Morgan fingerprint density at radius 3 is 2.95 bits per heavy atom. The number of benzene rings is 1. The van der Waals surface area contributed by atoms with Crippen LogP contribution in [0.1, 0.15) is 11.9 Å². The van der Waals surface area contributed by atoms with Crippen molar-refractivity contribution < 1.29 is 9.66 Å². The third-order valence-corrected chi connectivity index (χ3v) is 3.53. The van der Waals surface area contributed by atoms with Gasteiger partial charge in [0.15, 0.2) is 5.75 Å². The summed E-state index contributed by atoms with van der Waals surface area (Å²) < 4.78 is 6.43. The smallest absolute Gasteiger partial charge is 0.312 e.